The maximum Gasteiger partial charge on any atom is 0.167 e. The van der Waals surface area contributed by atoms with Gasteiger partial charge in [-0.3, -0.25) is 4.79 Å². The quantitative estimate of drug-likeness (QED) is 0.554. The second-order valence-electron chi connectivity index (χ2n) is 4.65. The molecular formula is C14H21OP. The van der Waals surface area contributed by atoms with Gasteiger partial charge in [0.15, 0.2) is 5.78 Å². The number of hydrogen-bond donors (Lipinski definition) is 0. The molecule has 0 amide bonds. The molecule has 0 aromatic heterocycles. The van der Waals surface area contributed by atoms with Crippen LogP contribution in [0.25, 0.3) is 0 Å². The summed E-state index contributed by atoms with van der Waals surface area (Å²) in [6, 6.07) is 9.64. The zero-order valence-corrected chi connectivity index (χ0v) is 11.5. The lowest BCUT2D eigenvalue weighted by Crippen LogP contribution is -2.13. The molecule has 0 heterocycles. The lowest BCUT2D eigenvalue weighted by Gasteiger charge is -2.25. The van der Waals surface area contributed by atoms with Crippen LogP contribution in [-0.2, 0) is 0 Å². The van der Waals surface area contributed by atoms with Crippen LogP contribution in [0.4, 0.5) is 0 Å². The molecule has 16 heavy (non-hydrogen) atoms. The largest absolute Gasteiger partial charge is 0.294 e. The Bertz CT molecular complexity index is 322. The predicted octanol–water partition coefficient (Wildman–Crippen LogP) is 4.17. The molecule has 0 fully saturated rings. The fourth-order valence-corrected chi connectivity index (χ4v) is 4.28. The van der Waals surface area contributed by atoms with Gasteiger partial charge in [0, 0.05) is 11.7 Å². The standard InChI is InChI=1S/C14H21OP/c1-11(2)16(12(3)4)10-14(15)13-8-6-5-7-9-13/h5-9,11-12H,10H2,1-4H3. The van der Waals surface area contributed by atoms with Crippen LogP contribution in [0.3, 0.4) is 0 Å². The Morgan fingerprint density at radius 3 is 2.00 bits per heavy atom. The van der Waals surface area contributed by atoms with Gasteiger partial charge in [-0.15, -0.1) is 0 Å². The van der Waals surface area contributed by atoms with Gasteiger partial charge in [0.1, 0.15) is 0 Å². The van der Waals surface area contributed by atoms with Gasteiger partial charge in [0.05, 0.1) is 0 Å². The van der Waals surface area contributed by atoms with E-state index in [0.717, 1.165) is 11.7 Å². The topological polar surface area (TPSA) is 17.1 Å². The Hall–Kier alpha value is -0.680. The average molecular weight is 236 g/mol. The molecule has 1 aromatic rings. The van der Waals surface area contributed by atoms with Gasteiger partial charge in [0.25, 0.3) is 0 Å². The van der Waals surface area contributed by atoms with Crippen LogP contribution in [0.2, 0.25) is 0 Å². The van der Waals surface area contributed by atoms with Crippen LogP contribution in [0.5, 0.6) is 0 Å². The van der Waals surface area contributed by atoms with Crippen LogP contribution >= 0.6 is 7.92 Å². The third-order valence-electron chi connectivity index (χ3n) is 2.75. The fraction of sp³-hybridized carbons (Fsp3) is 0.500. The van der Waals surface area contributed by atoms with Crippen molar-refractivity contribution in [3.8, 4) is 0 Å². The fourth-order valence-electron chi connectivity index (χ4n) is 1.84. The average Bonchev–Trinajstić information content (AvgIpc) is 2.25. The van der Waals surface area contributed by atoms with E-state index in [1.807, 2.05) is 30.3 Å². The van der Waals surface area contributed by atoms with Crippen LogP contribution in [0.15, 0.2) is 30.3 Å². The summed E-state index contributed by atoms with van der Waals surface area (Å²) in [5, 5.41) is 0. The number of ketones is 1. The SMILES string of the molecule is CC(C)P(CC(=O)c1ccccc1)C(C)C. The zero-order chi connectivity index (χ0) is 12.1. The second-order valence-corrected chi connectivity index (χ2v) is 8.06. The van der Waals surface area contributed by atoms with Gasteiger partial charge in [-0.25, -0.2) is 0 Å². The minimum Gasteiger partial charge on any atom is -0.294 e. The van der Waals surface area contributed by atoms with Crippen molar-refractivity contribution < 1.29 is 4.79 Å². The zero-order valence-electron chi connectivity index (χ0n) is 10.6. The molecule has 1 rings (SSSR count). The molecule has 0 aliphatic rings. The second kappa shape index (κ2) is 6.15. The summed E-state index contributed by atoms with van der Waals surface area (Å²) in [6.07, 6.45) is 0.731. The van der Waals surface area contributed by atoms with Crippen molar-refractivity contribution in [1.29, 1.82) is 0 Å². The minimum atomic E-state index is -0.191. The molecule has 0 spiro atoms. The summed E-state index contributed by atoms with van der Waals surface area (Å²) in [6.45, 7) is 8.90. The van der Waals surface area contributed by atoms with Crippen LogP contribution in [0.1, 0.15) is 38.1 Å². The van der Waals surface area contributed by atoms with Gasteiger partial charge in [-0.1, -0.05) is 65.9 Å². The van der Waals surface area contributed by atoms with Gasteiger partial charge in [-0.2, -0.15) is 0 Å². The number of carbonyl (C=O) groups is 1. The number of rotatable bonds is 5. The highest BCUT2D eigenvalue weighted by Gasteiger charge is 2.20. The van der Waals surface area contributed by atoms with E-state index < -0.39 is 0 Å². The van der Waals surface area contributed by atoms with Crippen molar-refractivity contribution in [3.05, 3.63) is 35.9 Å². The Morgan fingerprint density at radius 2 is 1.56 bits per heavy atom. The smallest absolute Gasteiger partial charge is 0.167 e. The van der Waals surface area contributed by atoms with Crippen molar-refractivity contribution >= 4 is 13.7 Å². The normalized spacial score (nSPS) is 11.4. The molecule has 0 saturated heterocycles. The molecule has 0 N–H and O–H groups in total. The van der Waals surface area contributed by atoms with E-state index in [1.54, 1.807) is 0 Å². The molecule has 1 nitrogen and oxygen atoms in total. The maximum absolute atomic E-state index is 12.1. The van der Waals surface area contributed by atoms with Crippen molar-refractivity contribution in [2.24, 2.45) is 0 Å². The Morgan fingerprint density at radius 1 is 1.06 bits per heavy atom. The van der Waals surface area contributed by atoms with Crippen molar-refractivity contribution in [1.82, 2.24) is 0 Å². The third-order valence-corrected chi connectivity index (χ3v) is 6.05. The molecule has 1 aromatic carbocycles. The van der Waals surface area contributed by atoms with E-state index in [4.69, 9.17) is 0 Å². The van der Waals surface area contributed by atoms with Crippen LogP contribution < -0.4 is 0 Å². The molecule has 2 heteroatoms. The molecule has 0 atom stereocenters. The van der Waals surface area contributed by atoms with E-state index in [9.17, 15) is 4.79 Å². The molecule has 0 aliphatic carbocycles. The van der Waals surface area contributed by atoms with Gasteiger partial charge in [0.2, 0.25) is 0 Å². The first-order chi connectivity index (χ1) is 7.52. The summed E-state index contributed by atoms with van der Waals surface area (Å²) >= 11 is 0. The highest BCUT2D eigenvalue weighted by molar-refractivity contribution is 7.60. The lowest BCUT2D eigenvalue weighted by atomic mass is 10.2. The molecule has 88 valence electrons. The Kier molecular flexibility index (Phi) is 5.15. The van der Waals surface area contributed by atoms with Gasteiger partial charge in [-0.05, 0) is 11.3 Å². The first-order valence-corrected chi connectivity index (χ1v) is 7.53. The molecule has 0 unspecified atom stereocenters. The lowest BCUT2D eigenvalue weighted by molar-refractivity contribution is 0.102. The van der Waals surface area contributed by atoms with Crippen molar-refractivity contribution in [3.63, 3.8) is 0 Å². The highest BCUT2D eigenvalue weighted by atomic mass is 31.1. The highest BCUT2D eigenvalue weighted by Crippen LogP contribution is 2.46. The summed E-state index contributed by atoms with van der Waals surface area (Å²) in [5.74, 6) is 0.300. The molecule has 0 saturated carbocycles. The third kappa shape index (κ3) is 3.72. The van der Waals surface area contributed by atoms with E-state index in [-0.39, 0.29) is 7.92 Å². The summed E-state index contributed by atoms with van der Waals surface area (Å²) < 4.78 is 0. The summed E-state index contributed by atoms with van der Waals surface area (Å²) in [5.41, 5.74) is 2.11. The minimum absolute atomic E-state index is 0.191. The first-order valence-electron chi connectivity index (χ1n) is 5.86. The number of hydrogen-bond acceptors (Lipinski definition) is 1. The van der Waals surface area contributed by atoms with Crippen LogP contribution in [-0.4, -0.2) is 23.3 Å². The van der Waals surface area contributed by atoms with Gasteiger partial charge < -0.3 is 0 Å². The Labute approximate surface area is 100 Å². The van der Waals surface area contributed by atoms with Crippen LogP contribution in [0, 0.1) is 0 Å². The number of carbonyl (C=O) groups excluding carboxylic acids is 1. The summed E-state index contributed by atoms with van der Waals surface area (Å²) in [4.78, 5) is 12.1. The van der Waals surface area contributed by atoms with E-state index in [0.29, 0.717) is 17.1 Å². The number of Topliss-reactive ketones (excluding diaryl/α,β-unsaturated/α-hetero) is 1. The Balaban J connectivity index is 2.70. The van der Waals surface area contributed by atoms with E-state index in [2.05, 4.69) is 27.7 Å². The van der Waals surface area contributed by atoms with Gasteiger partial charge >= 0.3 is 0 Å². The molecule has 0 radical (unpaired) electrons. The molecule has 0 bridgehead atoms. The molecular weight excluding hydrogens is 215 g/mol. The van der Waals surface area contributed by atoms with Crippen molar-refractivity contribution in [2.75, 3.05) is 6.16 Å². The van der Waals surface area contributed by atoms with Crippen molar-refractivity contribution in [2.45, 2.75) is 39.0 Å². The van der Waals surface area contributed by atoms with E-state index in [1.165, 1.54) is 0 Å². The monoisotopic (exact) mass is 236 g/mol. The van der Waals surface area contributed by atoms with E-state index >= 15 is 0 Å². The first kappa shape index (κ1) is 13.4. The molecule has 0 aliphatic heterocycles. The predicted molar refractivity (Wildman–Crippen MR) is 72.8 cm³/mol. The maximum atomic E-state index is 12.1. The number of benzene rings is 1. The summed E-state index contributed by atoms with van der Waals surface area (Å²) in [7, 11) is -0.191.